The first kappa shape index (κ1) is 17.0. The topological polar surface area (TPSA) is 66.5 Å². The first-order valence-electron chi connectivity index (χ1n) is 8.24. The van der Waals surface area contributed by atoms with Gasteiger partial charge in [-0.1, -0.05) is 0 Å². The van der Waals surface area contributed by atoms with Crippen molar-refractivity contribution in [3.05, 3.63) is 53.1 Å². The Bertz CT molecular complexity index is 1040. The lowest BCUT2D eigenvalue weighted by atomic mass is 9.96. The normalized spacial score (nSPS) is 18.8. The zero-order chi connectivity index (χ0) is 18.6. The van der Waals surface area contributed by atoms with Crippen molar-refractivity contribution in [1.82, 2.24) is 0 Å². The predicted octanol–water partition coefficient (Wildman–Crippen LogP) is 3.16. The van der Waals surface area contributed by atoms with E-state index >= 15 is 0 Å². The van der Waals surface area contributed by atoms with Gasteiger partial charge >= 0.3 is 0 Å². The number of benzene rings is 2. The molecule has 2 aromatic rings. The SMILES string of the molecule is C[C@H]1C(=O)N2CCCc3cc(NS(=O)(=O)c4cc(F)ccc4F)cc1c32. The van der Waals surface area contributed by atoms with Gasteiger partial charge in [0.15, 0.2) is 0 Å². The first-order chi connectivity index (χ1) is 12.3. The number of nitrogens with zero attached hydrogens (tertiary/aromatic N) is 1. The van der Waals surface area contributed by atoms with Crippen LogP contribution in [-0.2, 0) is 21.2 Å². The van der Waals surface area contributed by atoms with Crippen LogP contribution in [0.1, 0.15) is 30.4 Å². The molecule has 4 rings (SSSR count). The van der Waals surface area contributed by atoms with E-state index in [4.69, 9.17) is 0 Å². The van der Waals surface area contributed by atoms with Gasteiger partial charge in [-0.3, -0.25) is 9.52 Å². The van der Waals surface area contributed by atoms with E-state index in [1.165, 1.54) is 0 Å². The van der Waals surface area contributed by atoms with Crippen LogP contribution in [0.15, 0.2) is 35.2 Å². The molecule has 0 bridgehead atoms. The molecule has 2 aromatic carbocycles. The summed E-state index contributed by atoms with van der Waals surface area (Å²) in [5, 5.41) is 0. The summed E-state index contributed by atoms with van der Waals surface area (Å²) >= 11 is 0. The van der Waals surface area contributed by atoms with E-state index in [1.807, 2.05) is 0 Å². The summed E-state index contributed by atoms with van der Waals surface area (Å²) in [6.07, 6.45) is 1.52. The Labute approximate surface area is 149 Å². The highest BCUT2D eigenvalue weighted by Crippen LogP contribution is 2.44. The van der Waals surface area contributed by atoms with Crippen molar-refractivity contribution < 1.29 is 22.0 Å². The van der Waals surface area contributed by atoms with Crippen LogP contribution in [-0.4, -0.2) is 20.9 Å². The van der Waals surface area contributed by atoms with E-state index in [9.17, 15) is 22.0 Å². The van der Waals surface area contributed by atoms with Gasteiger partial charge in [-0.2, -0.15) is 0 Å². The van der Waals surface area contributed by atoms with Gasteiger partial charge in [-0.05, 0) is 61.2 Å². The van der Waals surface area contributed by atoms with Gasteiger partial charge in [0.25, 0.3) is 10.0 Å². The number of rotatable bonds is 3. The number of sulfonamides is 1. The molecule has 8 heteroatoms. The molecular formula is C18H16F2N2O3S. The van der Waals surface area contributed by atoms with Gasteiger partial charge in [-0.15, -0.1) is 0 Å². The Hall–Kier alpha value is -2.48. The minimum absolute atomic E-state index is 0.00266. The molecule has 5 nitrogen and oxygen atoms in total. The largest absolute Gasteiger partial charge is 0.311 e. The lowest BCUT2D eigenvalue weighted by molar-refractivity contribution is -0.119. The van der Waals surface area contributed by atoms with E-state index < -0.39 is 26.6 Å². The highest BCUT2D eigenvalue weighted by Gasteiger charge is 2.38. The Morgan fingerprint density at radius 2 is 1.96 bits per heavy atom. The van der Waals surface area contributed by atoms with Crippen LogP contribution in [0.3, 0.4) is 0 Å². The minimum atomic E-state index is -4.30. The molecule has 0 aromatic heterocycles. The fraction of sp³-hybridized carbons (Fsp3) is 0.278. The monoisotopic (exact) mass is 378 g/mol. The summed E-state index contributed by atoms with van der Waals surface area (Å²) in [5.74, 6) is -2.24. The third-order valence-corrected chi connectivity index (χ3v) is 6.25. The fourth-order valence-corrected chi connectivity index (χ4v) is 4.78. The number of aryl methyl sites for hydroxylation is 1. The van der Waals surface area contributed by atoms with E-state index in [0.717, 1.165) is 41.8 Å². The molecule has 2 aliphatic heterocycles. The predicted molar refractivity (Wildman–Crippen MR) is 92.7 cm³/mol. The molecule has 0 radical (unpaired) electrons. The summed E-state index contributed by atoms with van der Waals surface area (Å²) < 4.78 is 54.6. The van der Waals surface area contributed by atoms with Crippen LogP contribution in [0.2, 0.25) is 0 Å². The average molecular weight is 378 g/mol. The van der Waals surface area contributed by atoms with Crippen molar-refractivity contribution in [3.8, 4) is 0 Å². The number of halogens is 2. The lowest BCUT2D eigenvalue weighted by Crippen LogP contribution is -2.32. The number of nitrogens with one attached hydrogen (secondary N) is 1. The van der Waals surface area contributed by atoms with Gasteiger partial charge in [0.05, 0.1) is 11.6 Å². The molecule has 2 heterocycles. The zero-order valence-electron chi connectivity index (χ0n) is 13.9. The van der Waals surface area contributed by atoms with Crippen molar-refractivity contribution in [1.29, 1.82) is 0 Å². The van der Waals surface area contributed by atoms with Crippen LogP contribution in [0.4, 0.5) is 20.2 Å². The molecule has 0 fully saturated rings. The minimum Gasteiger partial charge on any atom is -0.311 e. The number of amides is 1. The summed E-state index contributed by atoms with van der Waals surface area (Å²) in [5.41, 5.74) is 2.73. The highest BCUT2D eigenvalue weighted by atomic mass is 32.2. The molecule has 136 valence electrons. The first-order valence-corrected chi connectivity index (χ1v) is 9.72. The number of carbonyl (C=O) groups is 1. The molecule has 0 saturated heterocycles. The maximum atomic E-state index is 13.9. The Morgan fingerprint density at radius 1 is 1.19 bits per heavy atom. The molecule has 2 aliphatic rings. The molecule has 0 saturated carbocycles. The second-order valence-corrected chi connectivity index (χ2v) is 8.22. The van der Waals surface area contributed by atoms with Crippen LogP contribution >= 0.6 is 0 Å². The van der Waals surface area contributed by atoms with Gasteiger partial charge in [0, 0.05) is 12.2 Å². The standard InChI is InChI=1S/C18H16F2N2O3S/c1-10-14-9-13(7-11-3-2-6-22(17(11)14)18(10)23)21-26(24,25)16-8-12(19)4-5-15(16)20/h4-5,7-10,21H,2-3,6H2,1H3/t10-/m1/s1. The smallest absolute Gasteiger partial charge is 0.264 e. The van der Waals surface area contributed by atoms with E-state index in [0.29, 0.717) is 12.6 Å². The van der Waals surface area contributed by atoms with Crippen molar-refractivity contribution in [2.45, 2.75) is 30.6 Å². The molecule has 1 N–H and O–H groups in total. The van der Waals surface area contributed by atoms with Crippen LogP contribution < -0.4 is 9.62 Å². The number of anilines is 2. The van der Waals surface area contributed by atoms with Crippen molar-refractivity contribution in [2.24, 2.45) is 0 Å². The summed E-state index contributed by atoms with van der Waals surface area (Å²) in [4.78, 5) is 13.4. The van der Waals surface area contributed by atoms with Gasteiger partial charge in [-0.25, -0.2) is 17.2 Å². The van der Waals surface area contributed by atoms with Gasteiger partial charge in [0.1, 0.15) is 16.5 Å². The highest BCUT2D eigenvalue weighted by molar-refractivity contribution is 7.92. The third-order valence-electron chi connectivity index (χ3n) is 4.85. The van der Waals surface area contributed by atoms with Crippen molar-refractivity contribution in [2.75, 3.05) is 16.2 Å². The summed E-state index contributed by atoms with van der Waals surface area (Å²) in [6.45, 7) is 2.43. The average Bonchev–Trinajstić information content (AvgIpc) is 2.83. The van der Waals surface area contributed by atoms with E-state index in [2.05, 4.69) is 4.72 Å². The van der Waals surface area contributed by atoms with Gasteiger partial charge < -0.3 is 4.90 Å². The van der Waals surface area contributed by atoms with E-state index in [1.54, 1.807) is 24.0 Å². The Morgan fingerprint density at radius 3 is 2.73 bits per heavy atom. The molecule has 0 aliphatic carbocycles. The van der Waals surface area contributed by atoms with Crippen LogP contribution in [0.25, 0.3) is 0 Å². The fourth-order valence-electron chi connectivity index (χ4n) is 3.65. The van der Waals surface area contributed by atoms with Crippen LogP contribution in [0.5, 0.6) is 0 Å². The van der Waals surface area contributed by atoms with Crippen LogP contribution in [0, 0.1) is 11.6 Å². The van der Waals surface area contributed by atoms with Gasteiger partial charge in [0.2, 0.25) is 5.91 Å². The Balaban J connectivity index is 1.77. The maximum Gasteiger partial charge on any atom is 0.264 e. The zero-order valence-corrected chi connectivity index (χ0v) is 14.7. The quantitative estimate of drug-likeness (QED) is 0.892. The second-order valence-electron chi connectivity index (χ2n) is 6.57. The summed E-state index contributed by atoms with van der Waals surface area (Å²) in [6, 6.07) is 5.53. The molecular weight excluding hydrogens is 362 g/mol. The lowest BCUT2D eigenvalue weighted by Gasteiger charge is -2.26. The number of carbonyl (C=O) groups excluding carboxylic acids is 1. The molecule has 0 spiro atoms. The Kier molecular flexibility index (Phi) is 3.76. The van der Waals surface area contributed by atoms with Crippen molar-refractivity contribution >= 4 is 27.3 Å². The van der Waals surface area contributed by atoms with E-state index in [-0.39, 0.29) is 17.5 Å². The number of hydrogen-bond acceptors (Lipinski definition) is 3. The third kappa shape index (κ3) is 2.56. The maximum absolute atomic E-state index is 13.9. The second kappa shape index (κ2) is 5.77. The number of hydrogen-bond donors (Lipinski definition) is 1. The molecule has 0 unspecified atom stereocenters. The molecule has 1 atom stereocenters. The molecule has 1 amide bonds. The molecule has 26 heavy (non-hydrogen) atoms. The van der Waals surface area contributed by atoms with Crippen molar-refractivity contribution in [3.63, 3.8) is 0 Å². The summed E-state index contributed by atoms with van der Waals surface area (Å²) in [7, 11) is -4.30.